The first kappa shape index (κ1) is 14.8. The molecule has 0 radical (unpaired) electrons. The second kappa shape index (κ2) is 6.61. The molecule has 1 rings (SSSR count). The average Bonchev–Trinajstić information content (AvgIpc) is 2.34. The number of aromatic nitrogens is 2. The number of anilines is 1. The summed E-state index contributed by atoms with van der Waals surface area (Å²) in [6, 6.07) is 0. The molecule has 0 aromatic carbocycles. The molecule has 0 amide bonds. The second-order valence-corrected chi connectivity index (χ2v) is 4.57. The van der Waals surface area contributed by atoms with Gasteiger partial charge in [-0.25, -0.2) is 0 Å². The number of nitrogens with two attached hydrogens (primary N) is 1. The highest BCUT2D eigenvalue weighted by atomic mass is 32.1. The summed E-state index contributed by atoms with van der Waals surface area (Å²) in [7, 11) is 0. The number of thiocarbonyl (C=S) groups is 1. The van der Waals surface area contributed by atoms with E-state index < -0.39 is 0 Å². The fourth-order valence-electron chi connectivity index (χ4n) is 1.79. The summed E-state index contributed by atoms with van der Waals surface area (Å²) in [5.74, 6) is 0.710. The Bertz CT molecular complexity index is 436. The Morgan fingerprint density at radius 3 is 2.56 bits per heavy atom. The molecule has 18 heavy (non-hydrogen) atoms. The van der Waals surface area contributed by atoms with Crippen LogP contribution in [0.25, 0.3) is 0 Å². The molecule has 0 saturated carbocycles. The van der Waals surface area contributed by atoms with Gasteiger partial charge in [0.2, 0.25) is 0 Å². The molecule has 0 aliphatic heterocycles. The minimum absolute atomic E-state index is 0.150. The summed E-state index contributed by atoms with van der Waals surface area (Å²) in [5.41, 5.74) is 8.38. The third-order valence-electron chi connectivity index (χ3n) is 2.95. The first-order valence-electron chi connectivity index (χ1n) is 6.02. The van der Waals surface area contributed by atoms with Gasteiger partial charge in [-0.05, 0) is 32.8 Å². The number of hydrogen-bond acceptors (Lipinski definition) is 5. The third kappa shape index (κ3) is 3.14. The van der Waals surface area contributed by atoms with E-state index in [1.807, 2.05) is 25.7 Å². The maximum absolute atomic E-state index is 8.92. The van der Waals surface area contributed by atoms with E-state index in [0.717, 1.165) is 23.4 Å². The van der Waals surface area contributed by atoms with Crippen LogP contribution in [0.2, 0.25) is 0 Å². The lowest BCUT2D eigenvalue weighted by Gasteiger charge is -2.24. The minimum Gasteiger partial charge on any atom is -0.396 e. The fraction of sp³-hybridized carbons (Fsp3) is 0.583. The maximum atomic E-state index is 8.92. The minimum atomic E-state index is 0.150. The van der Waals surface area contributed by atoms with Gasteiger partial charge in [0.05, 0.1) is 11.3 Å². The smallest absolute Gasteiger partial charge is 0.161 e. The fourth-order valence-corrected chi connectivity index (χ4v) is 2.03. The first-order valence-corrected chi connectivity index (χ1v) is 6.43. The van der Waals surface area contributed by atoms with Crippen molar-refractivity contribution >= 4 is 23.0 Å². The zero-order valence-electron chi connectivity index (χ0n) is 11.1. The summed E-state index contributed by atoms with van der Waals surface area (Å²) in [6.07, 6.45) is 0.680. The second-order valence-electron chi connectivity index (χ2n) is 4.13. The quantitative estimate of drug-likeness (QED) is 0.748. The van der Waals surface area contributed by atoms with Gasteiger partial charge in [0.25, 0.3) is 0 Å². The van der Waals surface area contributed by atoms with Crippen LogP contribution in [0.1, 0.15) is 30.2 Å². The molecule has 0 saturated heterocycles. The largest absolute Gasteiger partial charge is 0.396 e. The van der Waals surface area contributed by atoms with Crippen LogP contribution in [0, 0.1) is 13.8 Å². The van der Waals surface area contributed by atoms with Gasteiger partial charge in [-0.1, -0.05) is 12.2 Å². The van der Waals surface area contributed by atoms with Crippen LogP contribution < -0.4 is 10.6 Å². The standard InChI is InChI=1S/C12H20N4OS/c1-4-16(6-5-7-17)12-10(11(13)18)8(2)9(3)14-15-12/h17H,4-7H2,1-3H3,(H2,13,18). The van der Waals surface area contributed by atoms with Crippen molar-refractivity contribution in [3.8, 4) is 0 Å². The Hall–Kier alpha value is -1.27. The molecular weight excluding hydrogens is 248 g/mol. The molecule has 1 aromatic heterocycles. The van der Waals surface area contributed by atoms with Crippen LogP contribution >= 0.6 is 12.2 Å². The van der Waals surface area contributed by atoms with Crippen LogP contribution in [0.15, 0.2) is 0 Å². The molecule has 0 spiro atoms. The Morgan fingerprint density at radius 2 is 2.06 bits per heavy atom. The number of nitrogens with zero attached hydrogens (tertiary/aromatic N) is 3. The van der Waals surface area contributed by atoms with E-state index in [0.29, 0.717) is 23.8 Å². The summed E-state index contributed by atoms with van der Waals surface area (Å²) in [4.78, 5) is 2.37. The molecule has 0 unspecified atom stereocenters. The van der Waals surface area contributed by atoms with Gasteiger partial charge in [-0.15, -0.1) is 5.10 Å². The SMILES string of the molecule is CCN(CCCO)c1nnc(C)c(C)c1C(N)=S. The van der Waals surface area contributed by atoms with Gasteiger partial charge in [-0.3, -0.25) is 0 Å². The van der Waals surface area contributed by atoms with Crippen LogP contribution in [-0.2, 0) is 0 Å². The van der Waals surface area contributed by atoms with E-state index in [4.69, 9.17) is 23.1 Å². The Morgan fingerprint density at radius 1 is 1.39 bits per heavy atom. The summed E-state index contributed by atoms with van der Waals surface area (Å²) >= 11 is 5.11. The van der Waals surface area contributed by atoms with Gasteiger partial charge in [0.1, 0.15) is 4.99 Å². The average molecular weight is 268 g/mol. The van der Waals surface area contributed by atoms with Crippen LogP contribution in [0.3, 0.4) is 0 Å². The van der Waals surface area contributed by atoms with E-state index in [1.165, 1.54) is 0 Å². The lowest BCUT2D eigenvalue weighted by molar-refractivity contribution is 0.289. The van der Waals surface area contributed by atoms with Crippen molar-refractivity contribution in [1.82, 2.24) is 10.2 Å². The number of rotatable bonds is 6. The Balaban J connectivity index is 3.21. The number of aryl methyl sites for hydroxylation is 1. The number of aliphatic hydroxyl groups is 1. The van der Waals surface area contributed by atoms with Gasteiger partial charge in [-0.2, -0.15) is 5.10 Å². The van der Waals surface area contributed by atoms with Crippen molar-refractivity contribution in [3.05, 3.63) is 16.8 Å². The molecule has 1 aromatic rings. The molecule has 0 aliphatic rings. The van der Waals surface area contributed by atoms with Crippen molar-refractivity contribution in [1.29, 1.82) is 0 Å². The zero-order chi connectivity index (χ0) is 13.7. The Kier molecular flexibility index (Phi) is 5.43. The molecule has 5 nitrogen and oxygen atoms in total. The summed E-state index contributed by atoms with van der Waals surface area (Å²) < 4.78 is 0. The maximum Gasteiger partial charge on any atom is 0.161 e. The highest BCUT2D eigenvalue weighted by molar-refractivity contribution is 7.80. The highest BCUT2D eigenvalue weighted by Gasteiger charge is 2.17. The summed E-state index contributed by atoms with van der Waals surface area (Å²) in [5, 5.41) is 17.3. The summed E-state index contributed by atoms with van der Waals surface area (Å²) in [6.45, 7) is 7.49. The van der Waals surface area contributed by atoms with Gasteiger partial charge in [0.15, 0.2) is 5.82 Å². The molecule has 0 aliphatic carbocycles. The monoisotopic (exact) mass is 268 g/mol. The lowest BCUT2D eigenvalue weighted by atomic mass is 10.1. The number of hydrogen-bond donors (Lipinski definition) is 2. The third-order valence-corrected chi connectivity index (χ3v) is 3.15. The van der Waals surface area contributed by atoms with Gasteiger partial charge >= 0.3 is 0 Å². The van der Waals surface area contributed by atoms with E-state index in [1.54, 1.807) is 0 Å². The molecule has 0 fully saturated rings. The van der Waals surface area contributed by atoms with Crippen molar-refractivity contribution in [2.24, 2.45) is 5.73 Å². The predicted octanol–water partition coefficient (Wildman–Crippen LogP) is 0.936. The molecule has 6 heteroatoms. The first-order chi connectivity index (χ1) is 8.52. The van der Waals surface area contributed by atoms with Crippen molar-refractivity contribution in [3.63, 3.8) is 0 Å². The molecule has 0 atom stereocenters. The van der Waals surface area contributed by atoms with Crippen molar-refractivity contribution in [2.45, 2.75) is 27.2 Å². The van der Waals surface area contributed by atoms with E-state index in [9.17, 15) is 0 Å². The van der Waals surface area contributed by atoms with Gasteiger partial charge < -0.3 is 15.7 Å². The van der Waals surface area contributed by atoms with E-state index >= 15 is 0 Å². The van der Waals surface area contributed by atoms with Crippen molar-refractivity contribution < 1.29 is 5.11 Å². The number of aliphatic hydroxyl groups excluding tert-OH is 1. The Labute approximate surface area is 113 Å². The molecular formula is C12H20N4OS. The molecule has 100 valence electrons. The lowest BCUT2D eigenvalue weighted by Crippen LogP contribution is -2.30. The zero-order valence-corrected chi connectivity index (χ0v) is 11.9. The van der Waals surface area contributed by atoms with E-state index in [2.05, 4.69) is 10.2 Å². The topological polar surface area (TPSA) is 75.3 Å². The van der Waals surface area contributed by atoms with Crippen LogP contribution in [0.5, 0.6) is 0 Å². The van der Waals surface area contributed by atoms with Crippen LogP contribution in [-0.4, -0.2) is 40.0 Å². The van der Waals surface area contributed by atoms with Crippen molar-refractivity contribution in [2.75, 3.05) is 24.6 Å². The van der Waals surface area contributed by atoms with Crippen LogP contribution in [0.4, 0.5) is 5.82 Å². The molecule has 1 heterocycles. The highest BCUT2D eigenvalue weighted by Crippen LogP contribution is 2.22. The van der Waals surface area contributed by atoms with E-state index in [-0.39, 0.29) is 6.61 Å². The van der Waals surface area contributed by atoms with Gasteiger partial charge in [0, 0.05) is 19.7 Å². The molecule has 0 bridgehead atoms. The molecule has 3 N–H and O–H groups in total. The normalized spacial score (nSPS) is 10.4. The predicted molar refractivity (Wildman–Crippen MR) is 77.0 cm³/mol.